The maximum atomic E-state index is 6.77. The molecule has 1 heterocycles. The fourth-order valence-corrected chi connectivity index (χ4v) is 1.82. The number of nitrogens with zero attached hydrogens (tertiary/aromatic N) is 3. The maximum absolute atomic E-state index is 6.77. The maximum Gasteiger partial charge on any atom is 0.218 e. The van der Waals surface area contributed by atoms with E-state index in [0.29, 0.717) is 6.54 Å². The molecule has 0 atom stereocenters. The second-order valence-electron chi connectivity index (χ2n) is 3.69. The smallest absolute Gasteiger partial charge is 0.218 e. The molecule has 0 unspecified atom stereocenters. The van der Waals surface area contributed by atoms with Crippen LogP contribution in [0, 0.1) is 13.5 Å². The molecule has 0 N–H and O–H groups in total. The Morgan fingerprint density at radius 2 is 2.27 bits per heavy atom. The van der Waals surface area contributed by atoms with Crippen molar-refractivity contribution in [3.05, 3.63) is 40.9 Å². The highest BCUT2D eigenvalue weighted by Crippen LogP contribution is 2.19. The first-order valence-corrected chi connectivity index (χ1v) is 4.98. The molecule has 0 fully saturated rings. The molecular weight excluding hydrogens is 186 g/mol. The van der Waals surface area contributed by atoms with Gasteiger partial charge in [0, 0.05) is 18.9 Å². The quantitative estimate of drug-likeness (QED) is 0.680. The average molecular weight is 199 g/mol. The van der Waals surface area contributed by atoms with Crippen LogP contribution in [0.5, 0.6) is 0 Å². The molecule has 0 spiro atoms. The highest BCUT2D eigenvalue weighted by Gasteiger charge is 2.05. The Hall–Kier alpha value is -1.82. The van der Waals surface area contributed by atoms with E-state index in [0.717, 1.165) is 17.6 Å². The van der Waals surface area contributed by atoms with Gasteiger partial charge in [0.05, 0.1) is 11.2 Å². The number of hydrogen-bond acceptors (Lipinski definition) is 1. The molecule has 76 valence electrons. The third-order valence-corrected chi connectivity index (χ3v) is 2.61. The molecule has 1 aromatic carbocycles. The molecule has 0 aliphatic heterocycles. The fourth-order valence-electron chi connectivity index (χ4n) is 1.82. The van der Waals surface area contributed by atoms with Crippen LogP contribution in [0.1, 0.15) is 11.3 Å². The van der Waals surface area contributed by atoms with Gasteiger partial charge in [-0.25, -0.2) is 6.57 Å². The molecule has 3 nitrogen and oxygen atoms in total. The molecule has 0 bridgehead atoms. The predicted octanol–water partition coefficient (Wildman–Crippen LogP) is 2.34. The minimum absolute atomic E-state index is 0.558. The van der Waals surface area contributed by atoms with Gasteiger partial charge in [0.15, 0.2) is 0 Å². The van der Waals surface area contributed by atoms with Crippen LogP contribution in [0.3, 0.4) is 0 Å². The van der Waals surface area contributed by atoms with E-state index in [2.05, 4.69) is 28.1 Å². The summed E-state index contributed by atoms with van der Waals surface area (Å²) in [5.74, 6) is 0. The Labute approximate surface area is 89.1 Å². The number of hydrogen-bond donors (Lipinski definition) is 0. The topological polar surface area (TPSA) is 22.2 Å². The Morgan fingerprint density at radius 3 is 3.00 bits per heavy atom. The third kappa shape index (κ3) is 1.71. The standard InChI is InChI=1S/C12H13N3/c1-9-11-5-4-10(6-7-13-2)8-12(11)15(3)14-9/h4-5,8H,6-7H2,1,3H3. The minimum Gasteiger partial charge on any atom is -0.317 e. The summed E-state index contributed by atoms with van der Waals surface area (Å²) in [6, 6.07) is 6.31. The lowest BCUT2D eigenvalue weighted by atomic mass is 10.1. The molecule has 0 radical (unpaired) electrons. The zero-order chi connectivity index (χ0) is 10.8. The predicted molar refractivity (Wildman–Crippen MR) is 60.6 cm³/mol. The Balaban J connectivity index is 2.47. The van der Waals surface area contributed by atoms with Gasteiger partial charge in [-0.1, -0.05) is 12.1 Å². The molecule has 15 heavy (non-hydrogen) atoms. The van der Waals surface area contributed by atoms with Crippen molar-refractivity contribution in [2.24, 2.45) is 7.05 Å². The summed E-state index contributed by atoms with van der Waals surface area (Å²) in [5.41, 5.74) is 3.42. The molecular formula is C12H13N3. The monoisotopic (exact) mass is 199 g/mol. The second-order valence-corrected chi connectivity index (χ2v) is 3.69. The first kappa shape index (κ1) is 9.72. The van der Waals surface area contributed by atoms with Crippen molar-refractivity contribution in [2.75, 3.05) is 6.54 Å². The lowest BCUT2D eigenvalue weighted by Gasteiger charge is -1.98. The van der Waals surface area contributed by atoms with Gasteiger partial charge in [-0.15, -0.1) is 0 Å². The van der Waals surface area contributed by atoms with Crippen molar-refractivity contribution in [1.29, 1.82) is 0 Å². The van der Waals surface area contributed by atoms with Gasteiger partial charge in [0.1, 0.15) is 0 Å². The molecule has 0 aliphatic carbocycles. The summed E-state index contributed by atoms with van der Waals surface area (Å²) in [5, 5.41) is 5.57. The Kier molecular flexibility index (Phi) is 2.42. The largest absolute Gasteiger partial charge is 0.317 e. The number of benzene rings is 1. The summed E-state index contributed by atoms with van der Waals surface area (Å²) < 4.78 is 1.89. The van der Waals surface area contributed by atoms with Crippen molar-refractivity contribution in [1.82, 2.24) is 9.78 Å². The van der Waals surface area contributed by atoms with E-state index in [-0.39, 0.29) is 0 Å². The van der Waals surface area contributed by atoms with Crippen LogP contribution < -0.4 is 0 Å². The van der Waals surface area contributed by atoms with Crippen molar-refractivity contribution in [2.45, 2.75) is 13.3 Å². The Morgan fingerprint density at radius 1 is 1.47 bits per heavy atom. The van der Waals surface area contributed by atoms with E-state index in [4.69, 9.17) is 6.57 Å². The summed E-state index contributed by atoms with van der Waals surface area (Å²) in [6.45, 7) is 9.34. The van der Waals surface area contributed by atoms with Crippen molar-refractivity contribution >= 4 is 10.9 Å². The van der Waals surface area contributed by atoms with Crippen LogP contribution >= 0.6 is 0 Å². The van der Waals surface area contributed by atoms with Crippen molar-refractivity contribution < 1.29 is 0 Å². The van der Waals surface area contributed by atoms with E-state index in [1.165, 1.54) is 10.9 Å². The molecule has 0 aliphatic rings. The number of fused-ring (bicyclic) bond motifs is 1. The van der Waals surface area contributed by atoms with Crippen LogP contribution in [0.25, 0.3) is 15.7 Å². The first-order chi connectivity index (χ1) is 7.22. The minimum atomic E-state index is 0.558. The zero-order valence-electron chi connectivity index (χ0n) is 8.99. The van der Waals surface area contributed by atoms with Crippen LogP contribution in [-0.4, -0.2) is 16.3 Å². The van der Waals surface area contributed by atoms with Crippen LogP contribution in [-0.2, 0) is 13.5 Å². The normalized spacial score (nSPS) is 10.5. The van der Waals surface area contributed by atoms with E-state index >= 15 is 0 Å². The van der Waals surface area contributed by atoms with Crippen LogP contribution in [0.15, 0.2) is 18.2 Å². The van der Waals surface area contributed by atoms with E-state index < -0.39 is 0 Å². The fraction of sp³-hybridized carbons (Fsp3) is 0.333. The molecule has 2 aromatic rings. The molecule has 1 aromatic heterocycles. The van der Waals surface area contributed by atoms with Crippen molar-refractivity contribution in [3.63, 3.8) is 0 Å². The average Bonchev–Trinajstić information content (AvgIpc) is 2.52. The summed E-state index contributed by atoms with van der Waals surface area (Å²) in [6.07, 6.45) is 0.823. The number of rotatable bonds is 2. The molecule has 2 rings (SSSR count). The van der Waals surface area contributed by atoms with Gasteiger partial charge in [0.2, 0.25) is 6.54 Å². The van der Waals surface area contributed by atoms with Gasteiger partial charge < -0.3 is 4.85 Å². The summed E-state index contributed by atoms with van der Waals surface area (Å²) in [7, 11) is 1.95. The van der Waals surface area contributed by atoms with Crippen LogP contribution in [0.4, 0.5) is 0 Å². The van der Waals surface area contributed by atoms with Crippen molar-refractivity contribution in [3.8, 4) is 0 Å². The van der Waals surface area contributed by atoms with Gasteiger partial charge in [0.25, 0.3) is 0 Å². The van der Waals surface area contributed by atoms with E-state index in [1.54, 1.807) is 0 Å². The SMILES string of the molecule is [C-]#[N+]CCc1ccc2c(C)nn(C)c2c1. The summed E-state index contributed by atoms with van der Waals surface area (Å²) >= 11 is 0. The lowest BCUT2D eigenvalue weighted by Crippen LogP contribution is -1.91. The molecule has 0 saturated carbocycles. The Bertz CT molecular complexity index is 532. The highest BCUT2D eigenvalue weighted by atomic mass is 15.3. The molecule has 0 amide bonds. The van der Waals surface area contributed by atoms with Gasteiger partial charge in [-0.05, 0) is 18.6 Å². The highest BCUT2D eigenvalue weighted by molar-refractivity contribution is 5.82. The second kappa shape index (κ2) is 3.74. The lowest BCUT2D eigenvalue weighted by molar-refractivity contribution is 0.782. The van der Waals surface area contributed by atoms with Gasteiger partial charge in [-0.3, -0.25) is 4.68 Å². The number of aromatic nitrogens is 2. The summed E-state index contributed by atoms with van der Waals surface area (Å²) in [4.78, 5) is 3.37. The zero-order valence-corrected chi connectivity index (χ0v) is 8.99. The first-order valence-electron chi connectivity index (χ1n) is 4.98. The van der Waals surface area contributed by atoms with E-state index in [9.17, 15) is 0 Å². The van der Waals surface area contributed by atoms with Crippen LogP contribution in [0.2, 0.25) is 0 Å². The molecule has 3 heteroatoms. The van der Waals surface area contributed by atoms with Gasteiger partial charge in [-0.2, -0.15) is 5.10 Å². The van der Waals surface area contributed by atoms with E-state index in [1.807, 2.05) is 18.7 Å². The molecule has 0 saturated heterocycles. The number of aryl methyl sites for hydroxylation is 2. The third-order valence-electron chi connectivity index (χ3n) is 2.61. The van der Waals surface area contributed by atoms with Gasteiger partial charge >= 0.3 is 0 Å².